The molecular weight excluding hydrogens is 536 g/mol. The molecule has 172 valence electrons. The van der Waals surface area contributed by atoms with Gasteiger partial charge in [0.15, 0.2) is 11.5 Å². The van der Waals surface area contributed by atoms with Crippen molar-refractivity contribution >= 4 is 49.7 Å². The lowest BCUT2D eigenvalue weighted by Crippen LogP contribution is -2.18. The summed E-state index contributed by atoms with van der Waals surface area (Å²) in [6.07, 6.45) is 1.23. The Morgan fingerprint density at radius 3 is 2.30 bits per heavy atom. The van der Waals surface area contributed by atoms with Crippen LogP contribution in [0.4, 0.5) is 0 Å². The van der Waals surface area contributed by atoms with E-state index in [0.717, 1.165) is 0 Å². The van der Waals surface area contributed by atoms with Crippen molar-refractivity contribution in [1.82, 2.24) is 4.83 Å². The number of rotatable bonds is 8. The van der Waals surface area contributed by atoms with Crippen molar-refractivity contribution in [2.75, 3.05) is 14.2 Å². The van der Waals surface area contributed by atoms with Gasteiger partial charge < -0.3 is 14.2 Å². The number of benzene rings is 3. The molecule has 3 aromatic rings. The summed E-state index contributed by atoms with van der Waals surface area (Å²) < 4.78 is 41.3. The third-order valence-electron chi connectivity index (χ3n) is 4.29. The van der Waals surface area contributed by atoms with E-state index in [-0.39, 0.29) is 16.2 Å². The highest BCUT2D eigenvalue weighted by atomic mass is 79.9. The van der Waals surface area contributed by atoms with Crippen molar-refractivity contribution in [2.24, 2.45) is 5.10 Å². The Morgan fingerprint density at radius 1 is 0.970 bits per heavy atom. The molecule has 0 heterocycles. The van der Waals surface area contributed by atoms with Crippen LogP contribution in [-0.4, -0.2) is 34.8 Å². The summed E-state index contributed by atoms with van der Waals surface area (Å²) in [5.74, 6) is 0.377. The van der Waals surface area contributed by atoms with Crippen molar-refractivity contribution in [1.29, 1.82) is 0 Å². The maximum absolute atomic E-state index is 12.7. The minimum absolute atomic E-state index is 0.00148. The first-order chi connectivity index (χ1) is 15.7. The number of hydrogen-bond donors (Lipinski definition) is 1. The molecule has 33 heavy (non-hydrogen) atoms. The first kappa shape index (κ1) is 24.6. The van der Waals surface area contributed by atoms with E-state index in [1.54, 1.807) is 24.3 Å². The summed E-state index contributed by atoms with van der Waals surface area (Å²) in [5.41, 5.74) is 0.596. The number of hydrogen-bond acceptors (Lipinski definition) is 7. The molecule has 0 spiro atoms. The van der Waals surface area contributed by atoms with Crippen molar-refractivity contribution in [2.45, 2.75) is 4.90 Å². The number of esters is 1. The van der Waals surface area contributed by atoms with E-state index < -0.39 is 16.0 Å². The number of carbonyl (C=O) groups is 1. The molecular formula is C22H18BrClN2O6S. The second kappa shape index (κ2) is 10.7. The molecule has 0 bridgehead atoms. The molecule has 0 amide bonds. The molecule has 0 aromatic heterocycles. The van der Waals surface area contributed by atoms with Gasteiger partial charge in [-0.3, -0.25) is 0 Å². The second-order valence-electron chi connectivity index (χ2n) is 6.45. The fourth-order valence-electron chi connectivity index (χ4n) is 2.67. The molecule has 8 nitrogen and oxygen atoms in total. The topological polar surface area (TPSA) is 103 Å². The van der Waals surface area contributed by atoms with Crippen molar-refractivity contribution in [3.05, 3.63) is 81.3 Å². The summed E-state index contributed by atoms with van der Waals surface area (Å²) in [7, 11) is -0.952. The average Bonchev–Trinajstić information content (AvgIpc) is 2.80. The molecule has 0 radical (unpaired) electrons. The van der Waals surface area contributed by atoms with Crippen LogP contribution in [0.3, 0.4) is 0 Å². The van der Waals surface area contributed by atoms with E-state index in [9.17, 15) is 13.2 Å². The Kier molecular flexibility index (Phi) is 7.96. The molecule has 0 fully saturated rings. The number of sulfonamides is 1. The van der Waals surface area contributed by atoms with Crippen LogP contribution in [0.15, 0.2) is 75.1 Å². The molecule has 0 aliphatic rings. The second-order valence-corrected chi connectivity index (χ2v) is 9.46. The summed E-state index contributed by atoms with van der Waals surface area (Å²) >= 11 is 9.13. The van der Waals surface area contributed by atoms with E-state index in [0.29, 0.717) is 26.6 Å². The lowest BCUT2D eigenvalue weighted by atomic mass is 10.2. The van der Waals surface area contributed by atoms with Gasteiger partial charge in [-0.15, -0.1) is 0 Å². The van der Waals surface area contributed by atoms with Crippen LogP contribution in [0.1, 0.15) is 15.9 Å². The molecule has 11 heteroatoms. The third-order valence-corrected chi connectivity index (χ3v) is 6.28. The summed E-state index contributed by atoms with van der Waals surface area (Å²) in [6, 6.07) is 15.1. The lowest BCUT2D eigenvalue weighted by molar-refractivity contribution is 0.0734. The fourth-order valence-corrected chi connectivity index (χ4v) is 3.96. The average molecular weight is 554 g/mol. The van der Waals surface area contributed by atoms with Gasteiger partial charge in [0.2, 0.25) is 0 Å². The lowest BCUT2D eigenvalue weighted by Gasteiger charge is -2.11. The van der Waals surface area contributed by atoms with Gasteiger partial charge in [-0.25, -0.2) is 9.63 Å². The van der Waals surface area contributed by atoms with Crippen LogP contribution in [0.5, 0.6) is 17.2 Å². The van der Waals surface area contributed by atoms with Gasteiger partial charge in [0.1, 0.15) is 5.75 Å². The number of hydrazone groups is 1. The Bertz CT molecular complexity index is 1300. The number of halogens is 2. The number of methoxy groups -OCH3 is 2. The van der Waals surface area contributed by atoms with Crippen LogP contribution >= 0.6 is 27.5 Å². The third kappa shape index (κ3) is 6.25. The Hall–Kier alpha value is -3.08. The molecule has 0 aliphatic carbocycles. The minimum Gasteiger partial charge on any atom is -0.493 e. The van der Waals surface area contributed by atoms with Crippen LogP contribution in [-0.2, 0) is 10.0 Å². The zero-order chi connectivity index (χ0) is 24.0. The molecule has 0 saturated heterocycles. The zero-order valence-electron chi connectivity index (χ0n) is 17.4. The van der Waals surface area contributed by atoms with E-state index in [1.165, 1.54) is 56.8 Å². The van der Waals surface area contributed by atoms with Crippen molar-refractivity contribution in [3.8, 4) is 17.2 Å². The van der Waals surface area contributed by atoms with Crippen LogP contribution in [0, 0.1) is 0 Å². The van der Waals surface area contributed by atoms with Gasteiger partial charge in [0, 0.05) is 15.1 Å². The van der Waals surface area contributed by atoms with Gasteiger partial charge in [0.05, 0.1) is 30.9 Å². The maximum Gasteiger partial charge on any atom is 0.343 e. The SMILES string of the molecule is COc1ccc(C(=O)Oc2ccc(Br)cc2/C=N\NS(=O)(=O)c2ccc(Cl)cc2)cc1OC. The van der Waals surface area contributed by atoms with Gasteiger partial charge in [-0.05, 0) is 60.7 Å². The smallest absolute Gasteiger partial charge is 0.343 e. The van der Waals surface area contributed by atoms with E-state index in [2.05, 4.69) is 25.9 Å². The number of ether oxygens (including phenoxy) is 3. The normalized spacial score (nSPS) is 11.3. The first-order valence-electron chi connectivity index (χ1n) is 9.27. The van der Waals surface area contributed by atoms with Crippen molar-refractivity contribution < 1.29 is 27.4 Å². The number of nitrogens with one attached hydrogen (secondary N) is 1. The summed E-state index contributed by atoms with van der Waals surface area (Å²) in [6.45, 7) is 0. The van der Waals surface area contributed by atoms with Gasteiger partial charge >= 0.3 is 5.97 Å². The molecule has 3 aromatic carbocycles. The highest BCUT2D eigenvalue weighted by Crippen LogP contribution is 2.29. The van der Waals surface area contributed by atoms with E-state index >= 15 is 0 Å². The molecule has 0 saturated carbocycles. The fraction of sp³-hybridized carbons (Fsp3) is 0.0909. The Morgan fingerprint density at radius 2 is 1.64 bits per heavy atom. The Balaban J connectivity index is 1.80. The molecule has 3 rings (SSSR count). The predicted molar refractivity (Wildman–Crippen MR) is 128 cm³/mol. The Labute approximate surface area is 204 Å². The largest absolute Gasteiger partial charge is 0.493 e. The van der Waals surface area contributed by atoms with Crippen LogP contribution in [0.25, 0.3) is 0 Å². The quantitative estimate of drug-likeness (QED) is 0.188. The number of nitrogens with zero attached hydrogens (tertiary/aromatic N) is 1. The van der Waals surface area contributed by atoms with Crippen molar-refractivity contribution in [3.63, 3.8) is 0 Å². The molecule has 1 N–H and O–H groups in total. The zero-order valence-corrected chi connectivity index (χ0v) is 20.6. The summed E-state index contributed by atoms with van der Waals surface area (Å²) in [4.78, 5) is 14.8. The highest BCUT2D eigenvalue weighted by Gasteiger charge is 2.16. The predicted octanol–water partition coefficient (Wildman–Crippen LogP) is 4.65. The molecule has 0 unspecified atom stereocenters. The molecule has 0 aliphatic heterocycles. The van der Waals surface area contributed by atoms with Crippen LogP contribution in [0.2, 0.25) is 5.02 Å². The van der Waals surface area contributed by atoms with E-state index in [4.69, 9.17) is 25.8 Å². The summed E-state index contributed by atoms with van der Waals surface area (Å²) in [5, 5.41) is 4.21. The van der Waals surface area contributed by atoms with E-state index in [1.807, 2.05) is 0 Å². The van der Waals surface area contributed by atoms with Gasteiger partial charge in [0.25, 0.3) is 10.0 Å². The monoisotopic (exact) mass is 552 g/mol. The number of carbonyl (C=O) groups excluding carboxylic acids is 1. The standard InChI is InChI=1S/C22H18BrClN2O6S/c1-30-20-9-3-14(12-21(20)31-2)22(27)32-19-10-4-16(23)11-15(19)13-25-26-33(28,29)18-7-5-17(24)6-8-18/h3-13,26H,1-2H3/b25-13-. The minimum atomic E-state index is -3.90. The van der Waals surface area contributed by atoms with Crippen LogP contribution < -0.4 is 19.0 Å². The first-order valence-corrected chi connectivity index (χ1v) is 11.9. The maximum atomic E-state index is 12.7. The highest BCUT2D eigenvalue weighted by molar-refractivity contribution is 9.10. The molecule has 0 atom stereocenters. The van der Waals surface area contributed by atoms with Gasteiger partial charge in [-0.1, -0.05) is 27.5 Å². The van der Waals surface area contributed by atoms with Gasteiger partial charge in [-0.2, -0.15) is 13.5 Å².